The molecule has 0 aliphatic rings. The highest BCUT2D eigenvalue weighted by Gasteiger charge is 2.07. The minimum absolute atomic E-state index is 0.0585. The molecule has 0 unspecified atom stereocenters. The lowest BCUT2D eigenvalue weighted by atomic mass is 10.1. The van der Waals surface area contributed by atoms with Crippen LogP contribution in [0.2, 0.25) is 0 Å². The number of carbonyl (C=O) groups is 1. The third kappa shape index (κ3) is 5.61. The molecule has 0 saturated carbocycles. The molecule has 0 bridgehead atoms. The van der Waals surface area contributed by atoms with E-state index in [4.69, 9.17) is 4.74 Å². The molecule has 112 valence electrons. The van der Waals surface area contributed by atoms with Crippen LogP contribution >= 0.6 is 0 Å². The van der Waals surface area contributed by atoms with Crippen LogP contribution in [-0.4, -0.2) is 26.1 Å². The van der Waals surface area contributed by atoms with Gasteiger partial charge in [-0.25, -0.2) is 0 Å². The smallest absolute Gasteiger partial charge is 0.219 e. The maximum absolute atomic E-state index is 11.2. The summed E-state index contributed by atoms with van der Waals surface area (Å²) in [5.74, 6) is 1.01. The number of hydrogen-bond donors (Lipinski definition) is 2. The highest BCUT2D eigenvalue weighted by Crippen LogP contribution is 2.23. The molecular formula is C16H26N2O2. The van der Waals surface area contributed by atoms with E-state index in [0.717, 1.165) is 37.2 Å². The molecular weight excluding hydrogens is 252 g/mol. The summed E-state index contributed by atoms with van der Waals surface area (Å²) in [7, 11) is 1.65. The molecule has 0 spiro atoms. The second-order valence-corrected chi connectivity index (χ2v) is 4.87. The van der Waals surface area contributed by atoms with Crippen molar-refractivity contribution >= 4 is 5.91 Å². The normalized spacial score (nSPS) is 10.3. The van der Waals surface area contributed by atoms with Crippen molar-refractivity contribution in [3.05, 3.63) is 29.3 Å². The van der Waals surface area contributed by atoms with E-state index in [0.29, 0.717) is 13.0 Å². The van der Waals surface area contributed by atoms with Crippen LogP contribution in [0.3, 0.4) is 0 Å². The zero-order valence-corrected chi connectivity index (χ0v) is 12.8. The molecule has 2 N–H and O–H groups in total. The van der Waals surface area contributed by atoms with Gasteiger partial charge in [-0.3, -0.25) is 4.79 Å². The van der Waals surface area contributed by atoms with E-state index in [1.165, 1.54) is 5.56 Å². The topological polar surface area (TPSA) is 50.4 Å². The molecule has 0 saturated heterocycles. The molecule has 0 radical (unpaired) electrons. The number of aryl methyl sites for hydroxylation is 1. The average molecular weight is 278 g/mol. The lowest BCUT2D eigenvalue weighted by Gasteiger charge is -2.14. The van der Waals surface area contributed by atoms with Crippen molar-refractivity contribution in [2.75, 3.05) is 20.2 Å². The monoisotopic (exact) mass is 278 g/mol. The number of carbonyl (C=O) groups excluding carboxylic acids is 1. The molecule has 0 heterocycles. The molecule has 1 rings (SSSR count). The molecule has 0 aliphatic carbocycles. The van der Waals surface area contributed by atoms with Crippen LogP contribution in [-0.2, 0) is 11.3 Å². The molecule has 1 aromatic carbocycles. The van der Waals surface area contributed by atoms with E-state index in [1.54, 1.807) is 7.05 Å². The predicted octanol–water partition coefficient (Wildman–Crippen LogP) is 2.40. The Bertz CT molecular complexity index is 419. The molecule has 4 heteroatoms. The maximum Gasteiger partial charge on any atom is 0.219 e. The van der Waals surface area contributed by atoms with Crippen molar-refractivity contribution in [1.82, 2.24) is 10.6 Å². The van der Waals surface area contributed by atoms with Gasteiger partial charge in [0.2, 0.25) is 5.91 Å². The molecule has 1 aromatic rings. The minimum Gasteiger partial charge on any atom is -0.493 e. The summed E-state index contributed by atoms with van der Waals surface area (Å²) in [5, 5.41) is 6.01. The summed E-state index contributed by atoms with van der Waals surface area (Å²) in [6.45, 7) is 6.60. The molecule has 0 aliphatic heterocycles. The molecule has 20 heavy (non-hydrogen) atoms. The highest BCUT2D eigenvalue weighted by molar-refractivity contribution is 5.75. The summed E-state index contributed by atoms with van der Waals surface area (Å²) in [4.78, 5) is 11.2. The van der Waals surface area contributed by atoms with Crippen LogP contribution < -0.4 is 15.4 Å². The van der Waals surface area contributed by atoms with Gasteiger partial charge in [0.1, 0.15) is 5.75 Å². The Hall–Kier alpha value is -1.55. The summed E-state index contributed by atoms with van der Waals surface area (Å²) in [6.07, 6.45) is 2.36. The second-order valence-electron chi connectivity index (χ2n) is 4.87. The predicted molar refractivity (Wildman–Crippen MR) is 82.0 cm³/mol. The van der Waals surface area contributed by atoms with Gasteiger partial charge in [-0.2, -0.15) is 0 Å². The van der Waals surface area contributed by atoms with E-state index in [2.05, 4.69) is 42.7 Å². The summed E-state index contributed by atoms with van der Waals surface area (Å²) in [5.41, 5.74) is 2.32. The third-order valence-electron chi connectivity index (χ3n) is 3.11. The van der Waals surface area contributed by atoms with E-state index < -0.39 is 0 Å². The molecule has 0 aromatic heterocycles. The number of rotatable bonds is 9. The number of para-hydroxylation sites is 1. The van der Waals surface area contributed by atoms with Crippen LogP contribution in [0, 0.1) is 6.92 Å². The van der Waals surface area contributed by atoms with Crippen molar-refractivity contribution in [3.63, 3.8) is 0 Å². The van der Waals surface area contributed by atoms with Gasteiger partial charge in [0.25, 0.3) is 0 Å². The van der Waals surface area contributed by atoms with Crippen LogP contribution in [0.25, 0.3) is 0 Å². The van der Waals surface area contributed by atoms with E-state index in [-0.39, 0.29) is 5.91 Å². The first-order valence-corrected chi connectivity index (χ1v) is 7.31. The largest absolute Gasteiger partial charge is 0.493 e. The van der Waals surface area contributed by atoms with Crippen molar-refractivity contribution in [1.29, 1.82) is 0 Å². The standard InChI is InChI=1S/C16H26N2O2/c1-4-10-18-12-14-8-5-7-13(2)16(14)20-11-6-9-15(19)17-3/h5,7-8,18H,4,6,9-12H2,1-3H3,(H,17,19). The quantitative estimate of drug-likeness (QED) is 0.682. The number of hydrogen-bond acceptors (Lipinski definition) is 3. The number of benzene rings is 1. The number of ether oxygens (including phenoxy) is 1. The van der Waals surface area contributed by atoms with E-state index in [9.17, 15) is 4.79 Å². The Kier molecular flexibility index (Phi) is 7.73. The van der Waals surface area contributed by atoms with Gasteiger partial charge >= 0.3 is 0 Å². The summed E-state index contributed by atoms with van der Waals surface area (Å²) >= 11 is 0. The van der Waals surface area contributed by atoms with Crippen molar-refractivity contribution < 1.29 is 9.53 Å². The molecule has 4 nitrogen and oxygen atoms in total. The maximum atomic E-state index is 11.2. The summed E-state index contributed by atoms with van der Waals surface area (Å²) < 4.78 is 5.87. The Morgan fingerprint density at radius 1 is 1.35 bits per heavy atom. The van der Waals surface area contributed by atoms with E-state index in [1.807, 2.05) is 0 Å². The minimum atomic E-state index is 0.0585. The fourth-order valence-corrected chi connectivity index (χ4v) is 1.99. The average Bonchev–Trinajstić information content (AvgIpc) is 2.45. The van der Waals surface area contributed by atoms with Crippen molar-refractivity contribution in [2.45, 2.75) is 39.7 Å². The number of nitrogens with one attached hydrogen (secondary N) is 2. The van der Waals surface area contributed by atoms with Gasteiger partial charge in [0.05, 0.1) is 6.61 Å². The van der Waals surface area contributed by atoms with Crippen LogP contribution in [0.5, 0.6) is 5.75 Å². The van der Waals surface area contributed by atoms with Gasteiger partial charge in [0, 0.05) is 25.6 Å². The Balaban J connectivity index is 2.51. The van der Waals surface area contributed by atoms with Gasteiger partial charge in [-0.1, -0.05) is 25.1 Å². The highest BCUT2D eigenvalue weighted by atomic mass is 16.5. The lowest BCUT2D eigenvalue weighted by molar-refractivity contribution is -0.120. The zero-order chi connectivity index (χ0) is 14.8. The molecule has 0 fully saturated rings. The third-order valence-corrected chi connectivity index (χ3v) is 3.11. The van der Waals surface area contributed by atoms with Crippen LogP contribution in [0.1, 0.15) is 37.3 Å². The van der Waals surface area contributed by atoms with E-state index >= 15 is 0 Å². The lowest BCUT2D eigenvalue weighted by Crippen LogP contribution is -2.18. The fraction of sp³-hybridized carbons (Fsp3) is 0.562. The number of amides is 1. The first kappa shape index (κ1) is 16.5. The second kappa shape index (κ2) is 9.37. The Morgan fingerprint density at radius 2 is 2.15 bits per heavy atom. The van der Waals surface area contributed by atoms with Gasteiger partial charge in [-0.15, -0.1) is 0 Å². The van der Waals surface area contributed by atoms with Gasteiger partial charge < -0.3 is 15.4 Å². The first-order valence-electron chi connectivity index (χ1n) is 7.31. The van der Waals surface area contributed by atoms with Gasteiger partial charge in [-0.05, 0) is 31.9 Å². The molecule has 0 atom stereocenters. The summed E-state index contributed by atoms with van der Waals surface area (Å²) in [6, 6.07) is 6.19. The fourth-order valence-electron chi connectivity index (χ4n) is 1.99. The van der Waals surface area contributed by atoms with Crippen LogP contribution in [0.15, 0.2) is 18.2 Å². The molecule has 1 amide bonds. The van der Waals surface area contributed by atoms with Crippen molar-refractivity contribution in [3.8, 4) is 5.75 Å². The van der Waals surface area contributed by atoms with Crippen molar-refractivity contribution in [2.24, 2.45) is 0 Å². The van der Waals surface area contributed by atoms with Crippen LogP contribution in [0.4, 0.5) is 0 Å². The Morgan fingerprint density at radius 3 is 2.85 bits per heavy atom. The Labute approximate surface area is 121 Å². The van der Waals surface area contributed by atoms with Gasteiger partial charge in [0.15, 0.2) is 0 Å². The SMILES string of the molecule is CCCNCc1cccc(C)c1OCCCC(=O)NC. The zero-order valence-electron chi connectivity index (χ0n) is 12.8. The first-order chi connectivity index (χ1) is 9.69.